The molecule has 1 aliphatic carbocycles. The summed E-state index contributed by atoms with van der Waals surface area (Å²) in [4.78, 5) is 6.47. The summed E-state index contributed by atoms with van der Waals surface area (Å²) in [6, 6.07) is 0.732. The highest BCUT2D eigenvalue weighted by atomic mass is 32.1. The Hall–Kier alpha value is -0.450. The van der Waals surface area contributed by atoms with Gasteiger partial charge in [-0.05, 0) is 45.4 Å². The number of hydrogen-bond donors (Lipinski definition) is 1. The van der Waals surface area contributed by atoms with Gasteiger partial charge in [0.15, 0.2) is 0 Å². The number of aromatic nitrogens is 1. The second-order valence-corrected chi connectivity index (χ2v) is 7.61. The zero-order chi connectivity index (χ0) is 14.1. The van der Waals surface area contributed by atoms with Gasteiger partial charge >= 0.3 is 0 Å². The Morgan fingerprint density at radius 2 is 2.05 bits per heavy atom. The summed E-state index contributed by atoms with van der Waals surface area (Å²) in [5.74, 6) is 0. The third kappa shape index (κ3) is 3.07. The Kier molecular flexibility index (Phi) is 4.43. The highest BCUT2D eigenvalue weighted by Gasteiger charge is 2.33. The molecule has 0 saturated carbocycles. The average Bonchev–Trinajstić information content (AvgIpc) is 3.01. The zero-order valence-corrected chi connectivity index (χ0v) is 13.6. The fourth-order valence-electron chi connectivity index (χ4n) is 3.28. The molecule has 1 saturated heterocycles. The van der Waals surface area contributed by atoms with Gasteiger partial charge < -0.3 is 10.1 Å². The standard InChI is InChI=1S/C16H26N2OS/c1-10(2)17-15(13-9-8-11(3)19-13)16-18-12-6-4-5-7-14(12)20-16/h10-11,13,15,17H,4-9H2,1-3H3. The Labute approximate surface area is 126 Å². The maximum Gasteiger partial charge on any atom is 0.113 e. The maximum atomic E-state index is 6.11. The van der Waals surface area contributed by atoms with Crippen LogP contribution in [0.3, 0.4) is 0 Å². The molecule has 3 nitrogen and oxygen atoms in total. The van der Waals surface area contributed by atoms with Gasteiger partial charge in [-0.1, -0.05) is 13.8 Å². The minimum atomic E-state index is 0.274. The van der Waals surface area contributed by atoms with E-state index in [0.717, 1.165) is 6.42 Å². The lowest BCUT2D eigenvalue weighted by Gasteiger charge is -2.25. The normalized spacial score (nSPS) is 27.8. The fraction of sp³-hybridized carbons (Fsp3) is 0.812. The van der Waals surface area contributed by atoms with Crippen molar-refractivity contribution in [3.8, 4) is 0 Å². The Morgan fingerprint density at radius 3 is 2.70 bits per heavy atom. The fourth-order valence-corrected chi connectivity index (χ4v) is 4.55. The summed E-state index contributed by atoms with van der Waals surface area (Å²) in [6.45, 7) is 6.59. The molecule has 1 aromatic heterocycles. The van der Waals surface area contributed by atoms with Crippen molar-refractivity contribution in [3.63, 3.8) is 0 Å². The molecule has 0 spiro atoms. The summed E-state index contributed by atoms with van der Waals surface area (Å²) < 4.78 is 6.11. The van der Waals surface area contributed by atoms with Crippen molar-refractivity contribution < 1.29 is 4.74 Å². The van der Waals surface area contributed by atoms with Gasteiger partial charge in [0.1, 0.15) is 5.01 Å². The van der Waals surface area contributed by atoms with Gasteiger partial charge in [0.25, 0.3) is 0 Å². The molecular weight excluding hydrogens is 268 g/mol. The van der Waals surface area contributed by atoms with E-state index in [1.165, 1.54) is 47.7 Å². The smallest absolute Gasteiger partial charge is 0.113 e. The summed E-state index contributed by atoms with van der Waals surface area (Å²) in [5, 5.41) is 4.95. The second-order valence-electron chi connectivity index (χ2n) is 6.49. The summed E-state index contributed by atoms with van der Waals surface area (Å²) in [5.41, 5.74) is 1.36. The van der Waals surface area contributed by atoms with Crippen LogP contribution in [0.25, 0.3) is 0 Å². The SMILES string of the molecule is CC(C)NC(c1nc2c(s1)CCCC2)C1CCC(C)O1. The predicted octanol–water partition coefficient (Wildman–Crippen LogP) is 3.63. The molecular formula is C16H26N2OS. The van der Waals surface area contributed by atoms with Crippen LogP contribution in [0.15, 0.2) is 0 Å². The third-order valence-corrected chi connectivity index (χ3v) is 5.52. The van der Waals surface area contributed by atoms with Crippen LogP contribution in [0.4, 0.5) is 0 Å². The van der Waals surface area contributed by atoms with E-state index >= 15 is 0 Å². The minimum absolute atomic E-state index is 0.274. The Balaban J connectivity index is 1.82. The number of thiazole rings is 1. The molecule has 1 aromatic rings. The molecule has 20 heavy (non-hydrogen) atoms. The topological polar surface area (TPSA) is 34.2 Å². The largest absolute Gasteiger partial charge is 0.373 e. The van der Waals surface area contributed by atoms with Crippen molar-refractivity contribution >= 4 is 11.3 Å². The summed E-state index contributed by atoms with van der Waals surface area (Å²) in [6.07, 6.45) is 8.03. The van der Waals surface area contributed by atoms with Crippen LogP contribution in [0.2, 0.25) is 0 Å². The molecule has 4 heteroatoms. The Bertz CT molecular complexity index is 434. The molecule has 1 fully saturated rings. The molecule has 1 aliphatic heterocycles. The number of nitrogens with one attached hydrogen (secondary N) is 1. The predicted molar refractivity (Wildman–Crippen MR) is 83.3 cm³/mol. The molecule has 2 heterocycles. The van der Waals surface area contributed by atoms with E-state index in [2.05, 4.69) is 26.1 Å². The molecule has 1 N–H and O–H groups in total. The van der Waals surface area contributed by atoms with Crippen LogP contribution >= 0.6 is 11.3 Å². The molecule has 0 radical (unpaired) electrons. The van der Waals surface area contributed by atoms with Gasteiger partial charge in [0, 0.05) is 10.9 Å². The molecule has 0 bridgehead atoms. The van der Waals surface area contributed by atoms with E-state index in [4.69, 9.17) is 9.72 Å². The van der Waals surface area contributed by atoms with Crippen molar-refractivity contribution in [1.82, 2.24) is 10.3 Å². The van der Waals surface area contributed by atoms with E-state index in [1.807, 2.05) is 11.3 Å². The van der Waals surface area contributed by atoms with Crippen molar-refractivity contribution in [2.24, 2.45) is 0 Å². The van der Waals surface area contributed by atoms with Crippen molar-refractivity contribution in [2.75, 3.05) is 0 Å². The van der Waals surface area contributed by atoms with E-state index in [1.54, 1.807) is 0 Å². The van der Waals surface area contributed by atoms with Gasteiger partial charge in [0.05, 0.1) is 23.9 Å². The number of nitrogens with zero attached hydrogens (tertiary/aromatic N) is 1. The van der Waals surface area contributed by atoms with E-state index in [9.17, 15) is 0 Å². The van der Waals surface area contributed by atoms with E-state index in [0.29, 0.717) is 18.2 Å². The number of fused-ring (bicyclic) bond motifs is 1. The molecule has 112 valence electrons. The number of rotatable bonds is 4. The Morgan fingerprint density at radius 1 is 1.25 bits per heavy atom. The first-order valence-corrected chi connectivity index (χ1v) is 8.85. The first-order chi connectivity index (χ1) is 9.63. The molecule has 2 aliphatic rings. The second kappa shape index (κ2) is 6.12. The lowest BCUT2D eigenvalue weighted by atomic mass is 10.0. The zero-order valence-electron chi connectivity index (χ0n) is 12.8. The van der Waals surface area contributed by atoms with E-state index < -0.39 is 0 Å². The molecule has 3 unspecified atom stereocenters. The molecule has 0 amide bonds. The molecule has 0 aromatic carbocycles. The van der Waals surface area contributed by atoms with Gasteiger partial charge in [0.2, 0.25) is 0 Å². The summed E-state index contributed by atoms with van der Waals surface area (Å²) >= 11 is 1.92. The van der Waals surface area contributed by atoms with Crippen molar-refractivity contribution in [3.05, 3.63) is 15.6 Å². The highest BCUT2D eigenvalue weighted by Crippen LogP contribution is 2.35. The highest BCUT2D eigenvalue weighted by molar-refractivity contribution is 7.11. The minimum Gasteiger partial charge on any atom is -0.373 e. The van der Waals surface area contributed by atoms with Gasteiger partial charge in [-0.3, -0.25) is 0 Å². The van der Waals surface area contributed by atoms with Crippen LogP contribution in [0.5, 0.6) is 0 Å². The van der Waals surface area contributed by atoms with Gasteiger partial charge in [-0.15, -0.1) is 11.3 Å². The van der Waals surface area contributed by atoms with E-state index in [-0.39, 0.29) is 6.04 Å². The lowest BCUT2D eigenvalue weighted by molar-refractivity contribution is 0.0295. The van der Waals surface area contributed by atoms with Crippen LogP contribution < -0.4 is 5.32 Å². The first-order valence-electron chi connectivity index (χ1n) is 8.03. The number of ether oxygens (including phenoxy) is 1. The monoisotopic (exact) mass is 294 g/mol. The maximum absolute atomic E-state index is 6.11. The number of hydrogen-bond acceptors (Lipinski definition) is 4. The summed E-state index contributed by atoms with van der Waals surface area (Å²) in [7, 11) is 0. The van der Waals surface area contributed by atoms with Gasteiger partial charge in [-0.2, -0.15) is 0 Å². The van der Waals surface area contributed by atoms with Crippen molar-refractivity contribution in [2.45, 2.75) is 83.6 Å². The third-order valence-electron chi connectivity index (χ3n) is 4.28. The van der Waals surface area contributed by atoms with Crippen LogP contribution in [0.1, 0.15) is 68.1 Å². The molecule has 3 atom stereocenters. The quantitative estimate of drug-likeness (QED) is 0.921. The average molecular weight is 294 g/mol. The van der Waals surface area contributed by atoms with Crippen LogP contribution in [-0.4, -0.2) is 23.2 Å². The first kappa shape index (κ1) is 14.5. The lowest BCUT2D eigenvalue weighted by Crippen LogP contribution is -2.36. The number of aryl methyl sites for hydroxylation is 2. The van der Waals surface area contributed by atoms with Crippen molar-refractivity contribution in [1.29, 1.82) is 0 Å². The van der Waals surface area contributed by atoms with Crippen LogP contribution in [0, 0.1) is 0 Å². The molecule has 3 rings (SSSR count). The van der Waals surface area contributed by atoms with Gasteiger partial charge in [-0.25, -0.2) is 4.98 Å². The van der Waals surface area contributed by atoms with Crippen LogP contribution in [-0.2, 0) is 17.6 Å².